The molecule has 1 N–H and O–H groups in total. The second-order valence-electron chi connectivity index (χ2n) is 5.66. The third-order valence-electron chi connectivity index (χ3n) is 3.85. The van der Waals surface area contributed by atoms with Crippen LogP contribution < -0.4 is 14.8 Å². The van der Waals surface area contributed by atoms with E-state index in [0.29, 0.717) is 16.6 Å². The van der Waals surface area contributed by atoms with Crippen LogP contribution in [0.3, 0.4) is 0 Å². The van der Waals surface area contributed by atoms with Crippen molar-refractivity contribution in [2.45, 2.75) is 6.92 Å². The normalized spacial score (nSPS) is 12.5. The van der Waals surface area contributed by atoms with Crippen molar-refractivity contribution in [1.82, 2.24) is 10.2 Å². The van der Waals surface area contributed by atoms with E-state index in [1.807, 2.05) is 49.4 Å². The van der Waals surface area contributed by atoms with Crippen LogP contribution in [0.5, 0.6) is 11.5 Å². The third kappa shape index (κ3) is 3.43. The molecule has 0 aliphatic carbocycles. The monoisotopic (exact) mass is 365 g/mol. The Labute approximate surface area is 154 Å². The lowest BCUT2D eigenvalue weighted by Gasteiger charge is -1.99. The van der Waals surface area contributed by atoms with Crippen LogP contribution >= 0.6 is 11.3 Å². The first kappa shape index (κ1) is 16.3. The Hall–Kier alpha value is -3.19. The highest BCUT2D eigenvalue weighted by atomic mass is 32.1. The molecule has 1 aliphatic rings. The van der Waals surface area contributed by atoms with Gasteiger partial charge in [0.05, 0.1) is 0 Å². The zero-order chi connectivity index (χ0) is 17.9. The molecule has 4 rings (SSSR count). The number of hydrogen-bond donors (Lipinski definition) is 1. The number of hydrogen-bond acceptors (Lipinski definition) is 6. The topological polar surface area (TPSA) is 73.3 Å². The molecule has 2 heterocycles. The molecule has 0 bridgehead atoms. The van der Waals surface area contributed by atoms with Crippen molar-refractivity contribution in [1.29, 1.82) is 0 Å². The maximum atomic E-state index is 12.1. The number of anilines is 1. The van der Waals surface area contributed by atoms with E-state index in [2.05, 4.69) is 15.5 Å². The summed E-state index contributed by atoms with van der Waals surface area (Å²) in [6.07, 6.45) is 3.16. The quantitative estimate of drug-likeness (QED) is 0.710. The minimum absolute atomic E-state index is 0.225. The Morgan fingerprint density at radius 3 is 2.88 bits per heavy atom. The van der Waals surface area contributed by atoms with Crippen LogP contribution in [0, 0.1) is 6.92 Å². The summed E-state index contributed by atoms with van der Waals surface area (Å²) in [7, 11) is 0. The maximum absolute atomic E-state index is 12.1. The molecule has 7 heteroatoms. The Bertz CT molecular complexity index is 997. The maximum Gasteiger partial charge on any atom is 0.250 e. The molecule has 0 atom stereocenters. The number of carbonyl (C=O) groups is 1. The number of aryl methyl sites for hydroxylation is 1. The van der Waals surface area contributed by atoms with Crippen molar-refractivity contribution >= 4 is 28.5 Å². The summed E-state index contributed by atoms with van der Waals surface area (Å²) in [5.74, 6) is 1.12. The van der Waals surface area contributed by atoms with Gasteiger partial charge in [-0.1, -0.05) is 41.7 Å². The molecule has 0 radical (unpaired) electrons. The minimum Gasteiger partial charge on any atom is -0.454 e. The third-order valence-corrected chi connectivity index (χ3v) is 4.73. The van der Waals surface area contributed by atoms with Crippen molar-refractivity contribution in [3.05, 3.63) is 59.7 Å². The Morgan fingerprint density at radius 1 is 1.15 bits per heavy atom. The van der Waals surface area contributed by atoms with E-state index in [0.717, 1.165) is 21.7 Å². The summed E-state index contributed by atoms with van der Waals surface area (Å²) in [6.45, 7) is 2.24. The lowest BCUT2D eigenvalue weighted by molar-refractivity contribution is -0.111. The van der Waals surface area contributed by atoms with Crippen LogP contribution in [0.4, 0.5) is 5.13 Å². The fourth-order valence-electron chi connectivity index (χ4n) is 2.53. The predicted octanol–water partition coefficient (Wildman–Crippen LogP) is 3.89. The van der Waals surface area contributed by atoms with Gasteiger partial charge in [0.2, 0.25) is 17.8 Å². The van der Waals surface area contributed by atoms with Gasteiger partial charge in [0.25, 0.3) is 0 Å². The van der Waals surface area contributed by atoms with Crippen LogP contribution in [-0.4, -0.2) is 22.9 Å². The molecule has 0 saturated heterocycles. The van der Waals surface area contributed by atoms with Crippen LogP contribution in [0.15, 0.2) is 48.5 Å². The molecule has 0 spiro atoms. The molecule has 0 unspecified atom stereocenters. The lowest BCUT2D eigenvalue weighted by atomic mass is 10.1. The summed E-state index contributed by atoms with van der Waals surface area (Å²) in [4.78, 5) is 12.1. The zero-order valence-electron chi connectivity index (χ0n) is 13.9. The number of carbonyl (C=O) groups excluding carboxylic acids is 1. The van der Waals surface area contributed by atoms with E-state index in [1.165, 1.54) is 17.4 Å². The minimum atomic E-state index is -0.268. The SMILES string of the molecule is Cc1ccccc1-c1nnc(NC(=O)C=Cc2ccc3c(c2)OCO3)s1. The summed E-state index contributed by atoms with van der Waals surface area (Å²) in [5.41, 5.74) is 2.98. The van der Waals surface area contributed by atoms with Gasteiger partial charge in [-0.05, 0) is 36.3 Å². The highest BCUT2D eigenvalue weighted by Gasteiger charge is 2.13. The fraction of sp³-hybridized carbons (Fsp3) is 0.105. The molecule has 26 heavy (non-hydrogen) atoms. The second-order valence-corrected chi connectivity index (χ2v) is 6.64. The molecule has 3 aromatic rings. The lowest BCUT2D eigenvalue weighted by Crippen LogP contribution is -2.07. The van der Waals surface area contributed by atoms with Gasteiger partial charge in [-0.2, -0.15) is 0 Å². The number of benzene rings is 2. The Kier molecular flexibility index (Phi) is 4.37. The molecule has 1 amide bonds. The van der Waals surface area contributed by atoms with Crippen LogP contribution in [0.25, 0.3) is 16.6 Å². The van der Waals surface area contributed by atoms with Gasteiger partial charge in [-0.3, -0.25) is 10.1 Å². The van der Waals surface area contributed by atoms with Crippen molar-refractivity contribution in [2.24, 2.45) is 0 Å². The van der Waals surface area contributed by atoms with Gasteiger partial charge >= 0.3 is 0 Å². The molecule has 0 saturated carbocycles. The van der Waals surface area contributed by atoms with Crippen molar-refractivity contribution in [2.75, 3.05) is 12.1 Å². The van der Waals surface area contributed by atoms with Gasteiger partial charge in [0.15, 0.2) is 11.5 Å². The molecule has 2 aromatic carbocycles. The fourth-order valence-corrected chi connectivity index (χ4v) is 3.37. The van der Waals surface area contributed by atoms with E-state index in [-0.39, 0.29) is 12.7 Å². The molecular formula is C19H15N3O3S. The average molecular weight is 365 g/mol. The first-order valence-corrected chi connectivity index (χ1v) is 8.79. The zero-order valence-corrected chi connectivity index (χ0v) is 14.7. The van der Waals surface area contributed by atoms with Gasteiger partial charge in [0.1, 0.15) is 5.01 Å². The van der Waals surface area contributed by atoms with Gasteiger partial charge in [0, 0.05) is 11.6 Å². The first-order valence-electron chi connectivity index (χ1n) is 7.97. The molecular weight excluding hydrogens is 350 g/mol. The van der Waals surface area contributed by atoms with Crippen LogP contribution in [0.2, 0.25) is 0 Å². The van der Waals surface area contributed by atoms with E-state index >= 15 is 0 Å². The smallest absolute Gasteiger partial charge is 0.250 e. The number of nitrogens with zero attached hydrogens (tertiary/aromatic N) is 2. The summed E-state index contributed by atoms with van der Waals surface area (Å²) < 4.78 is 10.6. The second kappa shape index (κ2) is 6.97. The van der Waals surface area contributed by atoms with Gasteiger partial charge in [-0.25, -0.2) is 0 Å². The molecule has 1 aliphatic heterocycles. The largest absolute Gasteiger partial charge is 0.454 e. The Balaban J connectivity index is 1.43. The van der Waals surface area contributed by atoms with E-state index in [9.17, 15) is 4.79 Å². The van der Waals surface area contributed by atoms with Gasteiger partial charge in [-0.15, -0.1) is 10.2 Å². The Morgan fingerprint density at radius 2 is 2.00 bits per heavy atom. The van der Waals surface area contributed by atoms with E-state index in [1.54, 1.807) is 6.08 Å². The number of ether oxygens (including phenoxy) is 2. The summed E-state index contributed by atoms with van der Waals surface area (Å²) >= 11 is 1.34. The molecule has 130 valence electrons. The van der Waals surface area contributed by atoms with Crippen LogP contribution in [0.1, 0.15) is 11.1 Å². The number of rotatable bonds is 4. The number of amides is 1. The summed E-state index contributed by atoms with van der Waals surface area (Å²) in [5, 5.41) is 12.2. The average Bonchev–Trinajstić information content (AvgIpc) is 3.29. The first-order chi connectivity index (χ1) is 12.7. The number of fused-ring (bicyclic) bond motifs is 1. The van der Waals surface area contributed by atoms with Crippen LogP contribution in [-0.2, 0) is 4.79 Å². The highest BCUT2D eigenvalue weighted by molar-refractivity contribution is 7.18. The van der Waals surface area contributed by atoms with Crippen molar-refractivity contribution < 1.29 is 14.3 Å². The highest BCUT2D eigenvalue weighted by Crippen LogP contribution is 2.33. The van der Waals surface area contributed by atoms with E-state index in [4.69, 9.17) is 9.47 Å². The number of nitrogens with one attached hydrogen (secondary N) is 1. The molecule has 1 aromatic heterocycles. The number of aromatic nitrogens is 2. The van der Waals surface area contributed by atoms with Crippen molar-refractivity contribution in [3.63, 3.8) is 0 Å². The summed E-state index contributed by atoms with van der Waals surface area (Å²) in [6, 6.07) is 13.4. The molecule has 6 nitrogen and oxygen atoms in total. The standard InChI is InChI=1S/C19H15N3O3S/c1-12-4-2-3-5-14(12)18-21-22-19(26-18)20-17(23)9-7-13-6-8-15-16(10-13)25-11-24-15/h2-10H,11H2,1H3,(H,20,22,23). The van der Waals surface area contributed by atoms with E-state index < -0.39 is 0 Å². The molecule has 0 fully saturated rings. The van der Waals surface area contributed by atoms with Crippen molar-refractivity contribution in [3.8, 4) is 22.1 Å². The predicted molar refractivity (Wildman–Crippen MR) is 100 cm³/mol. The van der Waals surface area contributed by atoms with Gasteiger partial charge < -0.3 is 9.47 Å².